The zero-order valence-corrected chi connectivity index (χ0v) is 12.7. The van der Waals surface area contributed by atoms with E-state index < -0.39 is 0 Å². The number of carbonyl (C=O) groups excluding carboxylic acids is 2. The lowest BCUT2D eigenvalue weighted by Gasteiger charge is -2.17. The average Bonchev–Trinajstić information content (AvgIpc) is 2.77. The van der Waals surface area contributed by atoms with E-state index in [9.17, 15) is 9.59 Å². The Morgan fingerprint density at radius 3 is 3.00 bits per heavy atom. The van der Waals surface area contributed by atoms with Crippen molar-refractivity contribution in [2.75, 3.05) is 22.1 Å². The number of aryl methyl sites for hydroxylation is 1. The number of nitrogen functional groups attached to an aromatic ring is 1. The van der Waals surface area contributed by atoms with Crippen LogP contribution >= 0.6 is 23.1 Å². The number of hydrogen-bond acceptors (Lipinski definition) is 6. The van der Waals surface area contributed by atoms with Gasteiger partial charge >= 0.3 is 0 Å². The van der Waals surface area contributed by atoms with Gasteiger partial charge in [0.1, 0.15) is 4.88 Å². The highest BCUT2D eigenvalue weighted by Gasteiger charge is 2.18. The van der Waals surface area contributed by atoms with Crippen molar-refractivity contribution in [1.82, 2.24) is 4.98 Å². The number of carbonyl (C=O) groups is 2. The van der Waals surface area contributed by atoms with E-state index in [2.05, 4.69) is 15.6 Å². The molecule has 21 heavy (non-hydrogen) atoms. The van der Waals surface area contributed by atoms with E-state index >= 15 is 0 Å². The Bertz CT molecular complexity index is 742. The lowest BCUT2D eigenvalue weighted by molar-refractivity contribution is -0.113. The molecule has 4 N–H and O–H groups in total. The van der Waals surface area contributed by atoms with Crippen molar-refractivity contribution in [2.45, 2.75) is 11.8 Å². The highest BCUT2D eigenvalue weighted by molar-refractivity contribution is 8.00. The number of hydrogen-bond donors (Lipinski definition) is 3. The van der Waals surface area contributed by atoms with Crippen molar-refractivity contribution in [3.63, 3.8) is 0 Å². The first kappa shape index (κ1) is 13.9. The van der Waals surface area contributed by atoms with Gasteiger partial charge in [-0.2, -0.15) is 0 Å². The maximum atomic E-state index is 12.2. The number of benzene rings is 1. The van der Waals surface area contributed by atoms with Gasteiger partial charge in [-0.1, -0.05) is 11.3 Å². The summed E-state index contributed by atoms with van der Waals surface area (Å²) in [7, 11) is 0. The molecule has 0 unspecified atom stereocenters. The molecular weight excluding hydrogens is 308 g/mol. The highest BCUT2D eigenvalue weighted by Crippen LogP contribution is 2.33. The molecule has 1 aliphatic rings. The van der Waals surface area contributed by atoms with Crippen LogP contribution in [0.1, 0.15) is 15.4 Å². The molecule has 0 radical (unpaired) electrons. The molecule has 6 nitrogen and oxygen atoms in total. The minimum absolute atomic E-state index is 0.0398. The van der Waals surface area contributed by atoms with Crippen LogP contribution in [0.25, 0.3) is 0 Å². The Morgan fingerprint density at radius 1 is 1.48 bits per heavy atom. The molecule has 2 amide bonds. The standard InChI is InChI=1S/C13H12N4O2S2/c1-6-11(21-13(14)15-6)12(19)16-7-2-3-9-8(4-7)17-10(18)5-20-9/h2-4H,5H2,1H3,(H2,14,15)(H,16,19)(H,17,18). The summed E-state index contributed by atoms with van der Waals surface area (Å²) < 4.78 is 0. The number of nitrogens with one attached hydrogen (secondary N) is 2. The topological polar surface area (TPSA) is 97.1 Å². The van der Waals surface area contributed by atoms with Crippen LogP contribution in [0.15, 0.2) is 23.1 Å². The fraction of sp³-hybridized carbons (Fsp3) is 0.154. The predicted octanol–water partition coefficient (Wildman–Crippen LogP) is 2.33. The van der Waals surface area contributed by atoms with Gasteiger partial charge in [0.15, 0.2) is 5.13 Å². The zero-order valence-electron chi connectivity index (χ0n) is 11.1. The third-order valence-corrected chi connectivity index (χ3v) is 4.95. The SMILES string of the molecule is Cc1nc(N)sc1C(=O)Nc1ccc2c(c1)NC(=O)CS2. The monoisotopic (exact) mass is 320 g/mol. The number of rotatable bonds is 2. The Balaban J connectivity index is 1.82. The van der Waals surface area contributed by atoms with Crippen LogP contribution in [0, 0.1) is 6.92 Å². The molecule has 0 fully saturated rings. The van der Waals surface area contributed by atoms with Crippen LogP contribution in [0.3, 0.4) is 0 Å². The first-order valence-corrected chi connectivity index (χ1v) is 7.94. The molecule has 0 spiro atoms. The fourth-order valence-electron chi connectivity index (χ4n) is 1.98. The number of thioether (sulfide) groups is 1. The van der Waals surface area contributed by atoms with Crippen LogP contribution in [-0.2, 0) is 4.79 Å². The molecule has 0 saturated carbocycles. The maximum Gasteiger partial charge on any atom is 0.267 e. The van der Waals surface area contributed by atoms with E-state index in [1.165, 1.54) is 11.8 Å². The predicted molar refractivity (Wildman–Crippen MR) is 85.0 cm³/mol. The van der Waals surface area contributed by atoms with E-state index in [0.717, 1.165) is 21.9 Å². The third kappa shape index (κ3) is 2.86. The molecule has 1 aromatic heterocycles. The molecule has 0 aliphatic carbocycles. The van der Waals surface area contributed by atoms with Crippen molar-refractivity contribution in [3.05, 3.63) is 28.8 Å². The smallest absolute Gasteiger partial charge is 0.267 e. The minimum Gasteiger partial charge on any atom is -0.375 e. The summed E-state index contributed by atoms with van der Waals surface area (Å²) in [5.41, 5.74) is 7.54. The van der Waals surface area contributed by atoms with Gasteiger partial charge in [0, 0.05) is 10.6 Å². The summed E-state index contributed by atoms with van der Waals surface area (Å²) in [5, 5.41) is 5.95. The zero-order chi connectivity index (χ0) is 15.0. The van der Waals surface area contributed by atoms with Gasteiger partial charge in [-0.3, -0.25) is 9.59 Å². The maximum absolute atomic E-state index is 12.2. The summed E-state index contributed by atoms with van der Waals surface area (Å²) in [6.45, 7) is 1.74. The Hall–Kier alpha value is -2.06. The number of fused-ring (bicyclic) bond motifs is 1. The van der Waals surface area contributed by atoms with E-state index in [4.69, 9.17) is 5.73 Å². The fourth-order valence-corrected chi connectivity index (χ4v) is 3.49. The summed E-state index contributed by atoms with van der Waals surface area (Å²) in [6.07, 6.45) is 0. The first-order chi connectivity index (χ1) is 10.0. The Labute approximate surface area is 129 Å². The molecule has 0 bridgehead atoms. The normalized spacial score (nSPS) is 13.5. The van der Waals surface area contributed by atoms with Crippen LogP contribution in [0.5, 0.6) is 0 Å². The van der Waals surface area contributed by atoms with Gasteiger partial charge in [0.25, 0.3) is 5.91 Å². The van der Waals surface area contributed by atoms with E-state index in [1.54, 1.807) is 19.1 Å². The van der Waals surface area contributed by atoms with Crippen molar-refractivity contribution < 1.29 is 9.59 Å². The molecule has 3 rings (SSSR count). The number of thiazole rings is 1. The molecular formula is C13H12N4O2S2. The molecule has 0 saturated heterocycles. The summed E-state index contributed by atoms with van der Waals surface area (Å²) >= 11 is 2.63. The molecule has 2 aromatic rings. The quantitative estimate of drug-likeness (QED) is 0.789. The summed E-state index contributed by atoms with van der Waals surface area (Å²) in [4.78, 5) is 29.1. The van der Waals surface area contributed by atoms with Gasteiger partial charge in [-0.15, -0.1) is 11.8 Å². The van der Waals surface area contributed by atoms with Crippen LogP contribution in [0.2, 0.25) is 0 Å². The van der Waals surface area contributed by atoms with Gasteiger partial charge in [-0.25, -0.2) is 4.98 Å². The molecule has 1 aliphatic heterocycles. The number of aromatic nitrogens is 1. The van der Waals surface area contributed by atoms with Crippen molar-refractivity contribution in [3.8, 4) is 0 Å². The highest BCUT2D eigenvalue weighted by atomic mass is 32.2. The molecule has 2 heterocycles. The van der Waals surface area contributed by atoms with Gasteiger partial charge in [0.2, 0.25) is 5.91 Å². The second-order valence-electron chi connectivity index (χ2n) is 4.47. The number of nitrogens with zero attached hydrogens (tertiary/aromatic N) is 1. The minimum atomic E-state index is -0.253. The largest absolute Gasteiger partial charge is 0.375 e. The second-order valence-corrected chi connectivity index (χ2v) is 6.52. The summed E-state index contributed by atoms with van der Waals surface area (Å²) in [6, 6.07) is 5.43. The van der Waals surface area contributed by atoms with Crippen molar-refractivity contribution >= 4 is 51.4 Å². The van der Waals surface area contributed by atoms with Crippen molar-refractivity contribution in [2.24, 2.45) is 0 Å². The Kier molecular flexibility index (Phi) is 3.56. The lowest BCUT2D eigenvalue weighted by Crippen LogP contribution is -2.19. The average molecular weight is 320 g/mol. The summed E-state index contributed by atoms with van der Waals surface area (Å²) in [5.74, 6) is 0.122. The van der Waals surface area contributed by atoms with Crippen molar-refractivity contribution in [1.29, 1.82) is 0 Å². The second kappa shape index (κ2) is 5.38. The molecule has 8 heteroatoms. The third-order valence-electron chi connectivity index (χ3n) is 2.89. The van der Waals surface area contributed by atoms with Gasteiger partial charge in [0.05, 0.1) is 17.1 Å². The van der Waals surface area contributed by atoms with Crippen LogP contribution in [-0.4, -0.2) is 22.6 Å². The van der Waals surface area contributed by atoms with Crippen LogP contribution in [0.4, 0.5) is 16.5 Å². The number of nitrogens with two attached hydrogens (primary N) is 1. The van der Waals surface area contributed by atoms with Crippen LogP contribution < -0.4 is 16.4 Å². The first-order valence-electron chi connectivity index (χ1n) is 6.14. The van der Waals surface area contributed by atoms with E-state index in [-0.39, 0.29) is 11.8 Å². The number of amides is 2. The molecule has 0 atom stereocenters. The lowest BCUT2D eigenvalue weighted by atomic mass is 10.2. The van der Waals surface area contributed by atoms with E-state index in [1.807, 2.05) is 6.07 Å². The van der Waals surface area contributed by atoms with E-state index in [0.29, 0.717) is 27.1 Å². The van der Waals surface area contributed by atoms with Gasteiger partial charge in [-0.05, 0) is 25.1 Å². The Morgan fingerprint density at radius 2 is 2.29 bits per heavy atom. The van der Waals surface area contributed by atoms with Gasteiger partial charge < -0.3 is 16.4 Å². The molecule has 1 aromatic carbocycles. The molecule has 108 valence electrons. The number of anilines is 3.